The molecule has 202 valence electrons. The molecule has 2 unspecified atom stereocenters. The molecule has 2 aromatic rings. The third-order valence-corrected chi connectivity index (χ3v) is 6.90. The molecule has 1 aliphatic heterocycles. The number of ether oxygens (including phenoxy) is 2. The molecule has 10 heteroatoms. The minimum atomic E-state index is -3.05. The summed E-state index contributed by atoms with van der Waals surface area (Å²) in [6.07, 6.45) is -0.625. The second-order valence-corrected chi connectivity index (χ2v) is 9.50. The molecular formula is C28H30F2N2O6. The fraction of sp³-hybridized carbons (Fsp3) is 0.393. The van der Waals surface area contributed by atoms with Crippen LogP contribution in [-0.2, 0) is 14.3 Å². The van der Waals surface area contributed by atoms with Gasteiger partial charge in [-0.15, -0.1) is 0 Å². The van der Waals surface area contributed by atoms with Crippen LogP contribution in [0.4, 0.5) is 18.4 Å². The molecule has 1 aliphatic carbocycles. The summed E-state index contributed by atoms with van der Waals surface area (Å²) in [5.74, 6) is -4.49. The van der Waals surface area contributed by atoms with Gasteiger partial charge in [0.1, 0.15) is 19.3 Å². The van der Waals surface area contributed by atoms with Gasteiger partial charge in [-0.2, -0.15) is 0 Å². The Hall–Kier alpha value is -3.95. The lowest BCUT2D eigenvalue weighted by atomic mass is 9.98. The summed E-state index contributed by atoms with van der Waals surface area (Å²) in [5, 5.41) is 12.0. The lowest BCUT2D eigenvalue weighted by Gasteiger charge is -2.23. The van der Waals surface area contributed by atoms with Crippen LogP contribution in [0.15, 0.2) is 61.2 Å². The maximum absolute atomic E-state index is 14.0. The summed E-state index contributed by atoms with van der Waals surface area (Å²) in [7, 11) is 0. The Kier molecular flexibility index (Phi) is 8.29. The lowest BCUT2D eigenvalue weighted by molar-refractivity contribution is -0.139. The highest BCUT2D eigenvalue weighted by atomic mass is 19.3. The number of carboxylic acid groups (broad SMARTS) is 1. The summed E-state index contributed by atoms with van der Waals surface area (Å²) in [6, 6.07) is 13.6. The Bertz CT molecular complexity index is 1160. The number of nitrogens with zero attached hydrogens (tertiary/aromatic N) is 1. The molecule has 2 aliphatic rings. The fourth-order valence-electron chi connectivity index (χ4n) is 5.18. The van der Waals surface area contributed by atoms with Gasteiger partial charge in [0.2, 0.25) is 0 Å². The van der Waals surface area contributed by atoms with E-state index in [9.17, 15) is 28.3 Å². The Morgan fingerprint density at radius 1 is 1.11 bits per heavy atom. The number of hydrogen-bond donors (Lipinski definition) is 2. The summed E-state index contributed by atoms with van der Waals surface area (Å²) < 4.78 is 38.3. The molecule has 0 bridgehead atoms. The number of carbonyl (C=O) groups is 3. The molecule has 2 amide bonds. The smallest absolute Gasteiger partial charge is 0.410 e. The van der Waals surface area contributed by atoms with Crippen LogP contribution in [0.5, 0.6) is 0 Å². The molecule has 2 N–H and O–H groups in total. The molecule has 2 atom stereocenters. The van der Waals surface area contributed by atoms with Gasteiger partial charge in [-0.1, -0.05) is 61.2 Å². The number of amides is 2. The van der Waals surface area contributed by atoms with Crippen LogP contribution in [0.25, 0.3) is 11.1 Å². The van der Waals surface area contributed by atoms with Gasteiger partial charge in [0.25, 0.3) is 5.92 Å². The maximum atomic E-state index is 14.0. The second-order valence-electron chi connectivity index (χ2n) is 9.50. The third-order valence-electron chi connectivity index (χ3n) is 6.90. The van der Waals surface area contributed by atoms with Crippen LogP contribution in [0, 0.1) is 0 Å². The normalized spacial score (nSPS) is 18.3. The number of carbonyl (C=O) groups excluding carboxylic acids is 2. The standard InChI is InChI=1S/C28H30F2N2O6/c1-2-14-37-27(36)32-17-28(29,30)15-18(32)8-7-13-24(25(33)34)31-26(35)38-16-23-21-11-5-3-9-19(21)20-10-4-6-12-22(20)23/h2-6,9-12,18,23-24H,1,7-8,13-17H2,(H,31,35)(H,33,34). The quantitative estimate of drug-likeness (QED) is 0.412. The van der Waals surface area contributed by atoms with Crippen molar-refractivity contribution in [2.45, 2.75) is 49.6 Å². The Balaban J connectivity index is 1.30. The zero-order valence-corrected chi connectivity index (χ0v) is 20.8. The van der Waals surface area contributed by atoms with Crippen molar-refractivity contribution in [3.8, 4) is 11.1 Å². The molecule has 0 radical (unpaired) electrons. The number of nitrogens with one attached hydrogen (secondary N) is 1. The van der Waals surface area contributed by atoms with Crippen LogP contribution in [-0.4, -0.2) is 65.9 Å². The van der Waals surface area contributed by atoms with Gasteiger partial charge in [-0.3, -0.25) is 4.90 Å². The minimum Gasteiger partial charge on any atom is -0.480 e. The van der Waals surface area contributed by atoms with Crippen molar-refractivity contribution in [2.75, 3.05) is 19.8 Å². The third kappa shape index (κ3) is 6.12. The van der Waals surface area contributed by atoms with Crippen LogP contribution >= 0.6 is 0 Å². The first-order valence-corrected chi connectivity index (χ1v) is 12.5. The number of carboxylic acids is 1. The fourth-order valence-corrected chi connectivity index (χ4v) is 5.18. The van der Waals surface area contributed by atoms with Crippen molar-refractivity contribution < 1.29 is 37.7 Å². The van der Waals surface area contributed by atoms with Gasteiger partial charge in [-0.05, 0) is 41.5 Å². The minimum absolute atomic E-state index is 0.0167. The average Bonchev–Trinajstić information content (AvgIpc) is 3.38. The summed E-state index contributed by atoms with van der Waals surface area (Å²) in [5.41, 5.74) is 4.20. The Morgan fingerprint density at radius 2 is 1.74 bits per heavy atom. The topological polar surface area (TPSA) is 105 Å². The van der Waals surface area contributed by atoms with E-state index in [-0.39, 0.29) is 38.4 Å². The zero-order valence-electron chi connectivity index (χ0n) is 20.8. The number of alkyl halides is 2. The highest BCUT2D eigenvalue weighted by molar-refractivity contribution is 5.81. The molecule has 1 fully saturated rings. The van der Waals surface area contributed by atoms with Gasteiger partial charge < -0.3 is 19.9 Å². The van der Waals surface area contributed by atoms with Crippen molar-refractivity contribution in [1.29, 1.82) is 0 Å². The molecule has 1 saturated heterocycles. The maximum Gasteiger partial charge on any atom is 0.410 e. The van der Waals surface area contributed by atoms with E-state index in [0.717, 1.165) is 27.2 Å². The van der Waals surface area contributed by atoms with Gasteiger partial charge in [0, 0.05) is 18.4 Å². The number of alkyl carbamates (subject to hydrolysis) is 1. The van der Waals surface area contributed by atoms with E-state index in [1.807, 2.05) is 48.5 Å². The van der Waals surface area contributed by atoms with Crippen molar-refractivity contribution in [3.05, 3.63) is 72.3 Å². The molecule has 0 spiro atoms. The predicted molar refractivity (Wildman–Crippen MR) is 135 cm³/mol. The number of likely N-dealkylation sites (tertiary alicyclic amines) is 1. The summed E-state index contributed by atoms with van der Waals surface area (Å²) in [4.78, 5) is 37.4. The van der Waals surface area contributed by atoms with E-state index in [1.54, 1.807) is 0 Å². The SMILES string of the molecule is C=CCOC(=O)N1CC(F)(F)CC1CCCC(NC(=O)OCC1c2ccccc2-c2ccccc21)C(=O)O. The highest BCUT2D eigenvalue weighted by Crippen LogP contribution is 2.44. The van der Waals surface area contributed by atoms with E-state index in [1.165, 1.54) is 6.08 Å². The van der Waals surface area contributed by atoms with Crippen LogP contribution in [0.1, 0.15) is 42.7 Å². The molecule has 8 nitrogen and oxygen atoms in total. The van der Waals surface area contributed by atoms with Gasteiger partial charge in [-0.25, -0.2) is 23.2 Å². The van der Waals surface area contributed by atoms with Crippen LogP contribution < -0.4 is 5.32 Å². The number of fused-ring (bicyclic) bond motifs is 3. The molecule has 38 heavy (non-hydrogen) atoms. The first kappa shape index (κ1) is 27.1. The number of halogens is 2. The number of aliphatic carboxylic acids is 1. The van der Waals surface area contributed by atoms with Gasteiger partial charge in [0.05, 0.1) is 6.54 Å². The van der Waals surface area contributed by atoms with E-state index in [4.69, 9.17) is 9.47 Å². The van der Waals surface area contributed by atoms with Crippen molar-refractivity contribution in [3.63, 3.8) is 0 Å². The molecule has 4 rings (SSSR count). The zero-order chi connectivity index (χ0) is 27.3. The second kappa shape index (κ2) is 11.6. The molecule has 2 aromatic carbocycles. The Labute approximate surface area is 219 Å². The highest BCUT2D eigenvalue weighted by Gasteiger charge is 2.47. The van der Waals surface area contributed by atoms with Gasteiger partial charge >= 0.3 is 18.2 Å². The van der Waals surface area contributed by atoms with Gasteiger partial charge in [0.15, 0.2) is 0 Å². The largest absolute Gasteiger partial charge is 0.480 e. The van der Waals surface area contributed by atoms with E-state index >= 15 is 0 Å². The molecule has 0 aromatic heterocycles. The van der Waals surface area contributed by atoms with Crippen molar-refractivity contribution >= 4 is 18.2 Å². The molecular weight excluding hydrogens is 498 g/mol. The number of rotatable bonds is 10. The van der Waals surface area contributed by atoms with E-state index in [2.05, 4.69) is 11.9 Å². The molecule has 1 heterocycles. The number of benzene rings is 2. The van der Waals surface area contributed by atoms with Crippen LogP contribution in [0.3, 0.4) is 0 Å². The van der Waals surface area contributed by atoms with E-state index in [0.29, 0.717) is 0 Å². The Morgan fingerprint density at radius 3 is 2.34 bits per heavy atom. The molecule has 0 saturated carbocycles. The predicted octanol–water partition coefficient (Wildman–Crippen LogP) is 5.18. The van der Waals surface area contributed by atoms with Crippen molar-refractivity contribution in [1.82, 2.24) is 10.2 Å². The number of hydrogen-bond acceptors (Lipinski definition) is 5. The lowest BCUT2D eigenvalue weighted by Crippen LogP contribution is -2.42. The van der Waals surface area contributed by atoms with Crippen LogP contribution in [0.2, 0.25) is 0 Å². The average molecular weight is 529 g/mol. The van der Waals surface area contributed by atoms with E-state index < -0.39 is 49.1 Å². The first-order chi connectivity index (χ1) is 18.2. The summed E-state index contributed by atoms with van der Waals surface area (Å²) in [6.45, 7) is 2.61. The monoisotopic (exact) mass is 528 g/mol. The summed E-state index contributed by atoms with van der Waals surface area (Å²) >= 11 is 0. The van der Waals surface area contributed by atoms with Crippen molar-refractivity contribution in [2.24, 2.45) is 0 Å². The first-order valence-electron chi connectivity index (χ1n) is 12.5.